The van der Waals surface area contributed by atoms with Crippen molar-refractivity contribution in [1.82, 2.24) is 4.90 Å². The molecule has 214 valence electrons. The van der Waals surface area contributed by atoms with Crippen LogP contribution in [-0.4, -0.2) is 42.6 Å². The molecule has 0 bridgehead atoms. The van der Waals surface area contributed by atoms with E-state index in [4.69, 9.17) is 9.47 Å². The molecule has 3 aliphatic rings. The van der Waals surface area contributed by atoms with E-state index in [1.807, 2.05) is 84.8 Å². The average Bonchev–Trinajstić information content (AvgIpc) is 3.52. The number of methoxy groups -OCH3 is 2. The second-order valence-corrected chi connectivity index (χ2v) is 11.2. The van der Waals surface area contributed by atoms with Crippen molar-refractivity contribution in [3.8, 4) is 11.5 Å². The van der Waals surface area contributed by atoms with Gasteiger partial charge in [0.2, 0.25) is 5.91 Å². The van der Waals surface area contributed by atoms with Crippen molar-refractivity contribution in [3.05, 3.63) is 131 Å². The van der Waals surface area contributed by atoms with Gasteiger partial charge in [-0.15, -0.1) is 0 Å². The molecule has 0 aliphatic carbocycles. The van der Waals surface area contributed by atoms with Crippen LogP contribution in [-0.2, 0) is 10.2 Å². The molecule has 1 saturated heterocycles. The maximum absolute atomic E-state index is 14.9. The van der Waals surface area contributed by atoms with E-state index in [0.717, 1.165) is 16.7 Å². The van der Waals surface area contributed by atoms with Crippen LogP contribution >= 0.6 is 0 Å². The molecule has 0 aromatic heterocycles. The number of Topliss-reactive ketones (excluding diaryl/α,β-unsaturated/α-hetero) is 2. The van der Waals surface area contributed by atoms with E-state index in [9.17, 15) is 14.4 Å². The lowest BCUT2D eigenvalue weighted by Gasteiger charge is -2.38. The first-order chi connectivity index (χ1) is 20.9. The third kappa shape index (κ3) is 3.77. The zero-order chi connectivity index (χ0) is 29.9. The summed E-state index contributed by atoms with van der Waals surface area (Å²) in [5.74, 6) is -0.979. The molecule has 4 atom stereocenters. The van der Waals surface area contributed by atoms with Crippen LogP contribution in [0.4, 0.5) is 5.69 Å². The third-order valence-corrected chi connectivity index (χ3v) is 9.13. The molecule has 4 aromatic rings. The molecule has 1 spiro atoms. The summed E-state index contributed by atoms with van der Waals surface area (Å²) in [6, 6.07) is 26.1. The molecular weight excluding hydrogens is 540 g/mol. The Kier molecular flexibility index (Phi) is 6.20. The Morgan fingerprint density at radius 2 is 1.51 bits per heavy atom. The number of anilines is 1. The first-order valence-corrected chi connectivity index (χ1v) is 14.2. The van der Waals surface area contributed by atoms with Crippen LogP contribution in [0, 0.1) is 12.8 Å². The van der Waals surface area contributed by atoms with Crippen molar-refractivity contribution in [2.75, 3.05) is 19.5 Å². The Labute approximate surface area is 249 Å². The molecule has 3 heterocycles. The lowest BCUT2D eigenvalue weighted by Crippen LogP contribution is -2.49. The van der Waals surface area contributed by atoms with E-state index < -0.39 is 23.4 Å². The van der Waals surface area contributed by atoms with E-state index in [-0.39, 0.29) is 17.5 Å². The van der Waals surface area contributed by atoms with Gasteiger partial charge in [0, 0.05) is 23.0 Å². The number of ether oxygens (including phenoxy) is 2. The van der Waals surface area contributed by atoms with Gasteiger partial charge in [0.25, 0.3) is 0 Å². The first-order valence-electron chi connectivity index (χ1n) is 14.2. The molecule has 7 rings (SSSR count). The number of benzene rings is 4. The molecule has 7 nitrogen and oxygen atoms in total. The number of carbonyl (C=O) groups excluding carboxylic acids is 3. The van der Waals surface area contributed by atoms with Crippen molar-refractivity contribution in [1.29, 1.82) is 0 Å². The minimum Gasteiger partial charge on any atom is -0.493 e. The van der Waals surface area contributed by atoms with Crippen LogP contribution in [0.5, 0.6) is 11.5 Å². The summed E-state index contributed by atoms with van der Waals surface area (Å²) in [6.07, 6.45) is 3.82. The predicted octanol–water partition coefficient (Wildman–Crippen LogP) is 5.99. The minimum atomic E-state index is -1.38. The van der Waals surface area contributed by atoms with Crippen LogP contribution in [0.1, 0.15) is 49.0 Å². The fourth-order valence-electron chi connectivity index (χ4n) is 7.23. The number of nitrogens with zero attached hydrogens (tertiary/aromatic N) is 1. The fraction of sp³-hybridized carbons (Fsp3) is 0.194. The molecule has 1 amide bonds. The van der Waals surface area contributed by atoms with Crippen molar-refractivity contribution >= 4 is 29.2 Å². The molecule has 0 unspecified atom stereocenters. The molecule has 43 heavy (non-hydrogen) atoms. The van der Waals surface area contributed by atoms with Crippen molar-refractivity contribution < 1.29 is 23.9 Å². The summed E-state index contributed by atoms with van der Waals surface area (Å²) in [6.45, 7) is 1.96. The van der Waals surface area contributed by atoms with E-state index in [0.29, 0.717) is 33.9 Å². The lowest BCUT2D eigenvalue weighted by molar-refractivity contribution is -0.122. The van der Waals surface area contributed by atoms with Gasteiger partial charge in [-0.3, -0.25) is 14.4 Å². The SMILES string of the molecule is COc1ccc(C(=O)[C@H]2[C@@H](C(=O)c3ccc(C)cc3)[C@@]3(C(=O)Nc4ccccc43)[C@H]3c4ccccc4C=CN23)cc1OC. The summed E-state index contributed by atoms with van der Waals surface area (Å²) in [7, 11) is 3.05. The van der Waals surface area contributed by atoms with Gasteiger partial charge in [0.05, 0.1) is 26.2 Å². The molecule has 1 fully saturated rings. The third-order valence-electron chi connectivity index (χ3n) is 9.13. The highest BCUT2D eigenvalue weighted by Crippen LogP contribution is 2.62. The van der Waals surface area contributed by atoms with E-state index >= 15 is 0 Å². The van der Waals surface area contributed by atoms with Crippen LogP contribution in [0.3, 0.4) is 0 Å². The largest absolute Gasteiger partial charge is 0.493 e. The fourth-order valence-corrected chi connectivity index (χ4v) is 7.23. The highest BCUT2D eigenvalue weighted by atomic mass is 16.5. The summed E-state index contributed by atoms with van der Waals surface area (Å²) in [5, 5.41) is 3.08. The van der Waals surface area contributed by atoms with Gasteiger partial charge < -0.3 is 19.7 Å². The predicted molar refractivity (Wildman–Crippen MR) is 163 cm³/mol. The zero-order valence-corrected chi connectivity index (χ0v) is 24.0. The number of ketones is 2. The summed E-state index contributed by atoms with van der Waals surface area (Å²) in [4.78, 5) is 46.1. The number of nitrogens with one attached hydrogen (secondary N) is 1. The number of hydrogen-bond donors (Lipinski definition) is 1. The quantitative estimate of drug-likeness (QED) is 0.287. The van der Waals surface area contributed by atoms with E-state index in [2.05, 4.69) is 5.32 Å². The first kappa shape index (κ1) is 26.7. The zero-order valence-electron chi connectivity index (χ0n) is 24.0. The Bertz CT molecular complexity index is 1830. The minimum absolute atomic E-state index is 0.258. The number of hydrogen-bond acceptors (Lipinski definition) is 6. The summed E-state index contributed by atoms with van der Waals surface area (Å²) in [5.41, 5.74) is 3.65. The molecule has 0 saturated carbocycles. The van der Waals surface area contributed by atoms with Crippen molar-refractivity contribution in [3.63, 3.8) is 0 Å². The van der Waals surface area contributed by atoms with Gasteiger partial charge >= 0.3 is 0 Å². The van der Waals surface area contributed by atoms with Crippen LogP contribution < -0.4 is 14.8 Å². The standard InChI is InChI=1S/C36H30N2O5/c1-21-12-14-23(15-13-21)32(39)30-31(33(40)24-16-17-28(42-2)29(20-24)43-3)38-19-18-22-8-4-5-9-25(22)34(38)36(30)26-10-6-7-11-27(26)37-35(36)41/h4-20,30-31,34H,1-3H3,(H,37,41)/t30-,31+,34+,36+/m0/s1. The maximum Gasteiger partial charge on any atom is 0.238 e. The summed E-state index contributed by atoms with van der Waals surface area (Å²) < 4.78 is 10.9. The van der Waals surface area contributed by atoms with Gasteiger partial charge in [-0.2, -0.15) is 0 Å². The Morgan fingerprint density at radius 3 is 2.28 bits per heavy atom. The van der Waals surface area contributed by atoms with Gasteiger partial charge in [-0.25, -0.2) is 0 Å². The second kappa shape index (κ2) is 9.98. The van der Waals surface area contributed by atoms with Crippen LogP contribution in [0.2, 0.25) is 0 Å². The summed E-state index contributed by atoms with van der Waals surface area (Å²) >= 11 is 0. The normalized spacial score (nSPS) is 22.9. The Balaban J connectivity index is 1.51. The maximum atomic E-state index is 14.9. The molecule has 1 N–H and O–H groups in total. The van der Waals surface area contributed by atoms with Gasteiger partial charge in [0.15, 0.2) is 23.1 Å². The highest BCUT2D eigenvalue weighted by Gasteiger charge is 2.70. The molecule has 3 aliphatic heterocycles. The average molecular weight is 571 g/mol. The van der Waals surface area contributed by atoms with E-state index in [1.54, 1.807) is 30.3 Å². The Morgan fingerprint density at radius 1 is 0.814 bits per heavy atom. The van der Waals surface area contributed by atoms with Crippen molar-refractivity contribution in [2.45, 2.75) is 24.4 Å². The number of rotatable bonds is 6. The second-order valence-electron chi connectivity index (χ2n) is 11.2. The van der Waals surface area contributed by atoms with Crippen molar-refractivity contribution in [2.24, 2.45) is 5.92 Å². The topological polar surface area (TPSA) is 84.9 Å². The highest BCUT2D eigenvalue weighted by molar-refractivity contribution is 6.16. The molecule has 4 aromatic carbocycles. The number of para-hydroxylation sites is 1. The number of fused-ring (bicyclic) bond motifs is 6. The number of amides is 1. The number of aryl methyl sites for hydroxylation is 1. The van der Waals surface area contributed by atoms with E-state index in [1.165, 1.54) is 14.2 Å². The lowest BCUT2D eigenvalue weighted by atomic mass is 9.62. The molecule has 0 radical (unpaired) electrons. The smallest absolute Gasteiger partial charge is 0.238 e. The Hall–Kier alpha value is -5.17. The van der Waals surface area contributed by atoms with Crippen LogP contribution in [0.25, 0.3) is 6.08 Å². The molecular formula is C36H30N2O5. The molecule has 7 heteroatoms. The van der Waals surface area contributed by atoms with Gasteiger partial charge in [0.1, 0.15) is 11.5 Å². The number of carbonyl (C=O) groups is 3. The van der Waals surface area contributed by atoms with Crippen LogP contribution in [0.15, 0.2) is 97.2 Å². The van der Waals surface area contributed by atoms with Gasteiger partial charge in [-0.1, -0.05) is 72.3 Å². The van der Waals surface area contributed by atoms with Gasteiger partial charge in [-0.05, 0) is 54.0 Å². The monoisotopic (exact) mass is 570 g/mol.